The number of carbonyl (C=O) groups excluding carboxylic acids is 1. The molecule has 0 bridgehead atoms. The number of hydrogen-bond acceptors (Lipinski definition) is 6. The SMILES string of the molecule is CONC(=O)c1c[nH]c2cc(Cl)c(-c3ccc(N4CCC(OC)CC4)nc3OC)cc12. The van der Waals surface area contributed by atoms with Crippen molar-refractivity contribution in [3.8, 4) is 17.0 Å². The van der Waals surface area contributed by atoms with Gasteiger partial charge in [0, 0.05) is 48.4 Å². The van der Waals surface area contributed by atoms with Gasteiger partial charge in [0.1, 0.15) is 5.82 Å². The van der Waals surface area contributed by atoms with Crippen LogP contribution in [0.25, 0.3) is 22.0 Å². The Bertz CT molecular complexity index is 1090. The van der Waals surface area contributed by atoms with Crippen molar-refractivity contribution in [2.45, 2.75) is 18.9 Å². The Morgan fingerprint density at radius 1 is 1.19 bits per heavy atom. The summed E-state index contributed by atoms with van der Waals surface area (Å²) in [6.07, 6.45) is 3.85. The Morgan fingerprint density at radius 3 is 2.65 bits per heavy atom. The van der Waals surface area contributed by atoms with E-state index in [1.165, 1.54) is 7.11 Å². The third kappa shape index (κ3) is 4.19. The zero-order valence-corrected chi connectivity index (χ0v) is 18.5. The maximum Gasteiger partial charge on any atom is 0.276 e. The molecule has 4 rings (SSSR count). The Morgan fingerprint density at radius 2 is 1.97 bits per heavy atom. The lowest BCUT2D eigenvalue weighted by Gasteiger charge is -2.32. The number of fused-ring (bicyclic) bond motifs is 1. The van der Waals surface area contributed by atoms with Crippen molar-refractivity contribution in [3.63, 3.8) is 0 Å². The van der Waals surface area contributed by atoms with Crippen molar-refractivity contribution in [2.24, 2.45) is 0 Å². The molecule has 0 saturated carbocycles. The molecule has 9 heteroatoms. The van der Waals surface area contributed by atoms with Crippen LogP contribution >= 0.6 is 11.6 Å². The summed E-state index contributed by atoms with van der Waals surface area (Å²) in [6.45, 7) is 1.75. The van der Waals surface area contributed by atoms with E-state index in [9.17, 15) is 4.79 Å². The Balaban J connectivity index is 1.71. The van der Waals surface area contributed by atoms with E-state index < -0.39 is 0 Å². The fraction of sp³-hybridized carbons (Fsp3) is 0.364. The number of hydrogen-bond donors (Lipinski definition) is 2. The van der Waals surface area contributed by atoms with Crippen molar-refractivity contribution < 1.29 is 19.1 Å². The number of rotatable bonds is 6. The molecule has 1 aromatic carbocycles. The first kappa shape index (κ1) is 21.4. The van der Waals surface area contributed by atoms with Crippen LogP contribution in [0.15, 0.2) is 30.5 Å². The highest BCUT2D eigenvalue weighted by molar-refractivity contribution is 6.34. The Labute approximate surface area is 185 Å². The van der Waals surface area contributed by atoms with Gasteiger partial charge in [0.05, 0.1) is 30.9 Å². The highest BCUT2D eigenvalue weighted by atomic mass is 35.5. The normalized spacial score (nSPS) is 14.8. The molecule has 0 unspecified atom stereocenters. The second kappa shape index (κ2) is 9.13. The predicted molar refractivity (Wildman–Crippen MR) is 120 cm³/mol. The second-order valence-corrected chi connectivity index (χ2v) is 7.77. The summed E-state index contributed by atoms with van der Waals surface area (Å²) < 4.78 is 11.1. The van der Waals surface area contributed by atoms with Gasteiger partial charge in [0.25, 0.3) is 5.91 Å². The summed E-state index contributed by atoms with van der Waals surface area (Å²) >= 11 is 6.58. The third-order valence-corrected chi connectivity index (χ3v) is 5.95. The fourth-order valence-corrected chi connectivity index (χ4v) is 4.24. The van der Waals surface area contributed by atoms with E-state index in [2.05, 4.69) is 15.4 Å². The highest BCUT2D eigenvalue weighted by Gasteiger charge is 2.22. The van der Waals surface area contributed by atoms with Gasteiger partial charge < -0.3 is 19.4 Å². The van der Waals surface area contributed by atoms with Crippen LogP contribution in [-0.4, -0.2) is 56.4 Å². The molecular weight excluding hydrogens is 420 g/mol. The van der Waals surface area contributed by atoms with Crippen molar-refractivity contribution in [3.05, 3.63) is 41.0 Å². The fourth-order valence-electron chi connectivity index (χ4n) is 3.97. The molecule has 1 aliphatic heterocycles. The minimum Gasteiger partial charge on any atom is -0.480 e. The summed E-state index contributed by atoms with van der Waals surface area (Å²) in [7, 11) is 4.74. The van der Waals surface area contributed by atoms with Gasteiger partial charge >= 0.3 is 0 Å². The molecule has 0 aliphatic carbocycles. The number of nitrogens with zero attached hydrogens (tertiary/aromatic N) is 2. The molecule has 1 aliphatic rings. The molecular formula is C22H25ClN4O4. The largest absolute Gasteiger partial charge is 0.480 e. The first-order chi connectivity index (χ1) is 15.0. The number of nitrogens with one attached hydrogen (secondary N) is 2. The lowest BCUT2D eigenvalue weighted by Crippen LogP contribution is -2.37. The number of benzene rings is 1. The minimum atomic E-state index is -0.345. The molecule has 1 amide bonds. The first-order valence-corrected chi connectivity index (χ1v) is 10.4. The average molecular weight is 445 g/mol. The smallest absolute Gasteiger partial charge is 0.276 e. The zero-order chi connectivity index (χ0) is 22.0. The number of aromatic amines is 1. The van der Waals surface area contributed by atoms with Crippen LogP contribution in [-0.2, 0) is 9.57 Å². The first-order valence-electron chi connectivity index (χ1n) is 10.0. The standard InChI is InChI=1S/C22H25ClN4O4/c1-29-13-6-8-27(9-7-13)20-5-4-14(22(25-20)30-2)15-10-16-17(21(28)26-31-3)12-24-19(16)11-18(15)23/h4-5,10-13,24H,6-9H2,1-3H3,(H,26,28). The molecule has 3 heterocycles. The van der Waals surface area contributed by atoms with Gasteiger partial charge in [0.2, 0.25) is 5.88 Å². The molecule has 3 aromatic rings. The summed E-state index contributed by atoms with van der Waals surface area (Å²) in [6, 6.07) is 7.58. The number of piperidine rings is 1. The van der Waals surface area contributed by atoms with Gasteiger partial charge in [-0.3, -0.25) is 9.63 Å². The predicted octanol–water partition coefficient (Wildman–Crippen LogP) is 3.80. The van der Waals surface area contributed by atoms with Gasteiger partial charge in [-0.2, -0.15) is 4.98 Å². The van der Waals surface area contributed by atoms with Crippen molar-refractivity contribution in [1.29, 1.82) is 0 Å². The highest BCUT2D eigenvalue weighted by Crippen LogP contribution is 2.38. The number of carbonyl (C=O) groups is 1. The van der Waals surface area contributed by atoms with Crippen LogP contribution in [0.2, 0.25) is 5.02 Å². The van der Waals surface area contributed by atoms with E-state index in [-0.39, 0.29) is 5.91 Å². The molecule has 164 valence electrons. The second-order valence-electron chi connectivity index (χ2n) is 7.36. The van der Waals surface area contributed by atoms with Gasteiger partial charge in [0.15, 0.2) is 0 Å². The number of anilines is 1. The van der Waals surface area contributed by atoms with Crippen LogP contribution in [0.3, 0.4) is 0 Å². The summed E-state index contributed by atoms with van der Waals surface area (Å²) in [4.78, 5) is 27.1. The number of aromatic nitrogens is 2. The molecule has 0 radical (unpaired) electrons. The monoisotopic (exact) mass is 444 g/mol. The van der Waals surface area contributed by atoms with Gasteiger partial charge in [-0.1, -0.05) is 11.6 Å². The average Bonchev–Trinajstić information content (AvgIpc) is 3.21. The van der Waals surface area contributed by atoms with Crippen LogP contribution in [0, 0.1) is 0 Å². The number of amides is 1. The maximum atomic E-state index is 12.3. The zero-order valence-electron chi connectivity index (χ0n) is 17.7. The van der Waals surface area contributed by atoms with Gasteiger partial charge in [-0.25, -0.2) is 5.48 Å². The van der Waals surface area contributed by atoms with E-state index in [0.717, 1.165) is 53.8 Å². The molecule has 31 heavy (non-hydrogen) atoms. The topological polar surface area (TPSA) is 88.7 Å². The quantitative estimate of drug-likeness (QED) is 0.562. The lowest BCUT2D eigenvalue weighted by molar-refractivity contribution is 0.0539. The molecule has 0 atom stereocenters. The van der Waals surface area contributed by atoms with E-state index in [1.54, 1.807) is 26.5 Å². The number of pyridine rings is 1. The summed E-state index contributed by atoms with van der Waals surface area (Å²) in [5.74, 6) is 0.988. The summed E-state index contributed by atoms with van der Waals surface area (Å²) in [5, 5.41) is 1.25. The van der Waals surface area contributed by atoms with Crippen molar-refractivity contribution >= 4 is 34.2 Å². The Kier molecular flexibility index (Phi) is 6.31. The van der Waals surface area contributed by atoms with Gasteiger partial charge in [-0.15, -0.1) is 0 Å². The van der Waals surface area contributed by atoms with E-state index >= 15 is 0 Å². The molecule has 1 fully saturated rings. The van der Waals surface area contributed by atoms with E-state index in [0.29, 0.717) is 22.6 Å². The van der Waals surface area contributed by atoms with Crippen molar-refractivity contribution in [2.75, 3.05) is 39.3 Å². The number of methoxy groups -OCH3 is 2. The molecule has 0 spiro atoms. The van der Waals surface area contributed by atoms with Crippen LogP contribution in [0.5, 0.6) is 5.88 Å². The van der Waals surface area contributed by atoms with Gasteiger partial charge in [-0.05, 0) is 37.1 Å². The summed E-state index contributed by atoms with van der Waals surface area (Å²) in [5.41, 5.74) is 5.04. The van der Waals surface area contributed by atoms with Crippen molar-refractivity contribution in [1.82, 2.24) is 15.4 Å². The molecule has 2 N–H and O–H groups in total. The minimum absolute atomic E-state index is 0.300. The van der Waals surface area contributed by atoms with Crippen LogP contribution in [0.1, 0.15) is 23.2 Å². The lowest BCUT2D eigenvalue weighted by atomic mass is 10.0. The number of hydroxylamine groups is 1. The number of halogens is 1. The Hall–Kier alpha value is -2.81. The number of ether oxygens (including phenoxy) is 2. The molecule has 2 aromatic heterocycles. The third-order valence-electron chi connectivity index (χ3n) is 5.64. The molecule has 8 nitrogen and oxygen atoms in total. The maximum absolute atomic E-state index is 12.3. The van der Waals surface area contributed by atoms with E-state index in [4.69, 9.17) is 30.9 Å². The van der Waals surface area contributed by atoms with Crippen LogP contribution < -0.4 is 15.1 Å². The van der Waals surface area contributed by atoms with E-state index in [1.807, 2.05) is 18.2 Å². The number of H-pyrrole nitrogens is 1. The van der Waals surface area contributed by atoms with Crippen LogP contribution in [0.4, 0.5) is 5.82 Å². The molecule has 1 saturated heterocycles.